The monoisotopic (exact) mass is 342 g/mol. The smallest absolute Gasteiger partial charge is 0.272 e. The molecule has 0 aliphatic carbocycles. The van der Waals surface area contributed by atoms with E-state index in [4.69, 9.17) is 27.5 Å². The van der Waals surface area contributed by atoms with Crippen LogP contribution in [0.15, 0.2) is 47.6 Å². The molecule has 0 unspecified atom stereocenters. The van der Waals surface area contributed by atoms with Crippen LogP contribution >= 0.6 is 11.6 Å². The maximum absolute atomic E-state index is 12.0. The zero-order valence-electron chi connectivity index (χ0n) is 13.0. The van der Waals surface area contributed by atoms with Crippen LogP contribution in [-0.4, -0.2) is 25.8 Å². The molecule has 0 saturated heterocycles. The summed E-state index contributed by atoms with van der Waals surface area (Å²) in [5, 5.41) is 4.28. The van der Waals surface area contributed by atoms with Gasteiger partial charge in [0.05, 0.1) is 23.9 Å². The Kier molecular flexibility index (Phi) is 6.23. The third-order valence-electron chi connectivity index (χ3n) is 3.02. The minimum absolute atomic E-state index is 0.124. The number of nitrogens with one attached hydrogen (secondary N) is 1. The normalized spacial score (nSPS) is 10.2. The highest BCUT2D eigenvalue weighted by molar-refractivity contribution is 6.33. The fraction of sp³-hybridized carbons (Fsp3) is 0.111. The molecule has 2 aromatic rings. The molecule has 0 spiro atoms. The molecule has 122 valence electrons. The molecule has 0 saturated carbocycles. The minimum atomic E-state index is -0.411. The second-order valence-corrected chi connectivity index (χ2v) is 4.98. The van der Waals surface area contributed by atoms with Gasteiger partial charge in [0, 0.05) is 5.56 Å². The van der Waals surface area contributed by atoms with E-state index in [2.05, 4.69) is 16.4 Å². The number of terminal acetylenes is 1. The molecule has 6 heteroatoms. The van der Waals surface area contributed by atoms with Crippen LogP contribution in [-0.2, 0) is 0 Å². The number of ether oxygens (including phenoxy) is 2. The first kappa shape index (κ1) is 17.4. The van der Waals surface area contributed by atoms with Crippen molar-refractivity contribution in [3.05, 3.63) is 58.6 Å². The second kappa shape index (κ2) is 8.61. The standard InChI is InChI=1S/C18H15ClN2O3/c1-3-10-24-17-9-8-14(23-2)11-13(17)12-20-21-18(22)15-6-4-5-7-16(15)19/h1,4-9,11-12H,10H2,2H3,(H,21,22)/b20-12-. The molecule has 0 fully saturated rings. The van der Waals surface area contributed by atoms with Gasteiger partial charge in [0.2, 0.25) is 0 Å². The molecule has 1 amide bonds. The molecule has 5 nitrogen and oxygen atoms in total. The van der Waals surface area contributed by atoms with Gasteiger partial charge in [-0.25, -0.2) is 5.43 Å². The van der Waals surface area contributed by atoms with E-state index in [0.717, 1.165) is 0 Å². The number of rotatable bonds is 6. The van der Waals surface area contributed by atoms with E-state index < -0.39 is 5.91 Å². The van der Waals surface area contributed by atoms with Crippen molar-refractivity contribution in [2.45, 2.75) is 0 Å². The van der Waals surface area contributed by atoms with E-state index in [1.807, 2.05) is 0 Å². The summed E-state index contributed by atoms with van der Waals surface area (Å²) in [5.41, 5.74) is 3.37. The first-order chi connectivity index (χ1) is 11.7. The molecule has 0 aliphatic rings. The summed E-state index contributed by atoms with van der Waals surface area (Å²) in [5.74, 6) is 3.14. The molecule has 2 aromatic carbocycles. The van der Waals surface area contributed by atoms with Gasteiger partial charge in [-0.3, -0.25) is 4.79 Å². The van der Waals surface area contributed by atoms with Crippen molar-refractivity contribution < 1.29 is 14.3 Å². The van der Waals surface area contributed by atoms with Gasteiger partial charge >= 0.3 is 0 Å². The molecule has 24 heavy (non-hydrogen) atoms. The van der Waals surface area contributed by atoms with Gasteiger partial charge < -0.3 is 9.47 Å². The van der Waals surface area contributed by atoms with Crippen LogP contribution in [0.5, 0.6) is 11.5 Å². The van der Waals surface area contributed by atoms with Crippen molar-refractivity contribution in [2.75, 3.05) is 13.7 Å². The minimum Gasteiger partial charge on any atom is -0.497 e. The summed E-state index contributed by atoms with van der Waals surface area (Å²) in [4.78, 5) is 12.0. The van der Waals surface area contributed by atoms with E-state index in [1.54, 1.807) is 49.6 Å². The van der Waals surface area contributed by atoms with Gasteiger partial charge in [-0.05, 0) is 30.3 Å². The lowest BCUT2D eigenvalue weighted by atomic mass is 10.2. The Labute approximate surface area is 145 Å². The Balaban J connectivity index is 2.14. The fourth-order valence-electron chi connectivity index (χ4n) is 1.87. The lowest BCUT2D eigenvalue weighted by Crippen LogP contribution is -2.18. The van der Waals surface area contributed by atoms with Crippen LogP contribution in [0.1, 0.15) is 15.9 Å². The Bertz CT molecular complexity index is 797. The molecule has 0 atom stereocenters. The number of nitrogens with zero attached hydrogens (tertiary/aromatic N) is 1. The average molecular weight is 343 g/mol. The van der Waals surface area contributed by atoms with Gasteiger partial charge in [-0.2, -0.15) is 5.10 Å². The van der Waals surface area contributed by atoms with E-state index >= 15 is 0 Å². The topological polar surface area (TPSA) is 59.9 Å². The van der Waals surface area contributed by atoms with Crippen LogP contribution in [0.4, 0.5) is 0 Å². The number of hydrogen-bond acceptors (Lipinski definition) is 4. The molecular formula is C18H15ClN2O3. The summed E-state index contributed by atoms with van der Waals surface area (Å²) in [7, 11) is 1.55. The highest BCUT2D eigenvalue weighted by atomic mass is 35.5. The second-order valence-electron chi connectivity index (χ2n) is 4.58. The van der Waals surface area contributed by atoms with Crippen molar-refractivity contribution in [3.8, 4) is 23.8 Å². The molecule has 0 radical (unpaired) electrons. The number of carbonyl (C=O) groups excluding carboxylic acids is 1. The maximum Gasteiger partial charge on any atom is 0.272 e. The van der Waals surface area contributed by atoms with E-state index in [9.17, 15) is 4.79 Å². The molecule has 0 aromatic heterocycles. The first-order valence-electron chi connectivity index (χ1n) is 6.98. The summed E-state index contributed by atoms with van der Waals surface area (Å²) >= 11 is 5.97. The van der Waals surface area contributed by atoms with Crippen molar-refractivity contribution in [3.63, 3.8) is 0 Å². The van der Waals surface area contributed by atoms with Gasteiger partial charge in [0.15, 0.2) is 0 Å². The van der Waals surface area contributed by atoms with Crippen molar-refractivity contribution in [1.82, 2.24) is 5.43 Å². The Morgan fingerprint density at radius 3 is 2.88 bits per heavy atom. The number of halogens is 1. The molecule has 0 bridgehead atoms. The van der Waals surface area contributed by atoms with E-state index in [0.29, 0.717) is 27.6 Å². The molecule has 0 heterocycles. The first-order valence-corrected chi connectivity index (χ1v) is 7.35. The van der Waals surface area contributed by atoms with Crippen molar-refractivity contribution in [1.29, 1.82) is 0 Å². The average Bonchev–Trinajstić information content (AvgIpc) is 2.60. The lowest BCUT2D eigenvalue weighted by Gasteiger charge is -2.08. The highest BCUT2D eigenvalue weighted by Crippen LogP contribution is 2.22. The Morgan fingerprint density at radius 2 is 2.17 bits per heavy atom. The quantitative estimate of drug-likeness (QED) is 0.498. The zero-order valence-corrected chi connectivity index (χ0v) is 13.7. The molecule has 0 aliphatic heterocycles. The van der Waals surface area contributed by atoms with E-state index in [-0.39, 0.29) is 6.61 Å². The summed E-state index contributed by atoms with van der Waals surface area (Å²) in [6, 6.07) is 11.9. The number of carbonyl (C=O) groups is 1. The number of hydrogen-bond donors (Lipinski definition) is 1. The number of benzene rings is 2. The van der Waals surface area contributed by atoms with Crippen LogP contribution in [0.25, 0.3) is 0 Å². The summed E-state index contributed by atoms with van der Waals surface area (Å²) in [6.07, 6.45) is 6.65. The number of methoxy groups -OCH3 is 1. The van der Waals surface area contributed by atoms with Crippen LogP contribution in [0.2, 0.25) is 5.02 Å². The summed E-state index contributed by atoms with van der Waals surface area (Å²) in [6.45, 7) is 0.124. The van der Waals surface area contributed by atoms with Gasteiger partial charge in [-0.1, -0.05) is 29.7 Å². The van der Waals surface area contributed by atoms with Gasteiger partial charge in [-0.15, -0.1) is 6.42 Å². The predicted molar refractivity (Wildman–Crippen MR) is 93.8 cm³/mol. The third-order valence-corrected chi connectivity index (χ3v) is 3.35. The number of amides is 1. The molecular weight excluding hydrogens is 328 g/mol. The SMILES string of the molecule is C#CCOc1ccc(OC)cc1/C=N\NC(=O)c1ccccc1Cl. The molecule has 1 N–H and O–H groups in total. The van der Waals surface area contributed by atoms with Crippen LogP contribution < -0.4 is 14.9 Å². The fourth-order valence-corrected chi connectivity index (χ4v) is 2.09. The van der Waals surface area contributed by atoms with Gasteiger partial charge in [0.1, 0.15) is 18.1 Å². The predicted octanol–water partition coefficient (Wildman–Crippen LogP) is 3.12. The van der Waals surface area contributed by atoms with E-state index in [1.165, 1.54) is 6.21 Å². The van der Waals surface area contributed by atoms with Crippen molar-refractivity contribution >= 4 is 23.7 Å². The van der Waals surface area contributed by atoms with Crippen LogP contribution in [0, 0.1) is 12.3 Å². The Morgan fingerprint density at radius 1 is 1.38 bits per heavy atom. The largest absolute Gasteiger partial charge is 0.497 e. The Hall–Kier alpha value is -2.97. The lowest BCUT2D eigenvalue weighted by molar-refractivity contribution is 0.0955. The van der Waals surface area contributed by atoms with Crippen LogP contribution in [0.3, 0.4) is 0 Å². The maximum atomic E-state index is 12.0. The third kappa shape index (κ3) is 4.51. The number of hydrazone groups is 1. The molecule has 2 rings (SSSR count). The van der Waals surface area contributed by atoms with Gasteiger partial charge in [0.25, 0.3) is 5.91 Å². The van der Waals surface area contributed by atoms with Crippen molar-refractivity contribution in [2.24, 2.45) is 5.10 Å². The zero-order chi connectivity index (χ0) is 17.4. The summed E-state index contributed by atoms with van der Waals surface area (Å²) < 4.78 is 10.6. The highest BCUT2D eigenvalue weighted by Gasteiger charge is 2.08.